The Morgan fingerprint density at radius 3 is 2.56 bits per heavy atom. The van der Waals surface area contributed by atoms with Crippen LogP contribution in [0, 0.1) is 6.92 Å². The first-order valence-electron chi connectivity index (χ1n) is 8.32. The zero-order valence-corrected chi connectivity index (χ0v) is 15.8. The summed E-state index contributed by atoms with van der Waals surface area (Å²) in [7, 11) is 0. The van der Waals surface area contributed by atoms with Crippen LogP contribution in [0.5, 0.6) is 5.75 Å². The lowest BCUT2D eigenvalue weighted by atomic mass is 10.0. The fraction of sp³-hybridized carbons (Fsp3) is 0.368. The Bertz CT molecular complexity index is 753. The van der Waals surface area contributed by atoms with E-state index in [2.05, 4.69) is 31.6 Å². The van der Waals surface area contributed by atoms with Crippen LogP contribution in [0.25, 0.3) is 0 Å². The van der Waals surface area contributed by atoms with Crippen LogP contribution in [0.15, 0.2) is 30.3 Å². The van der Waals surface area contributed by atoms with Crippen molar-refractivity contribution < 1.29 is 14.3 Å². The summed E-state index contributed by atoms with van der Waals surface area (Å²) >= 11 is 1.44. The molecule has 0 aliphatic carbocycles. The van der Waals surface area contributed by atoms with Crippen LogP contribution in [-0.2, 0) is 11.2 Å². The molecule has 0 aliphatic heterocycles. The maximum Gasteiger partial charge on any atom is 0.279 e. The van der Waals surface area contributed by atoms with Crippen molar-refractivity contribution in [1.29, 1.82) is 0 Å². The summed E-state index contributed by atoms with van der Waals surface area (Å²) in [5.74, 6) is 0.258. The van der Waals surface area contributed by atoms with Crippen LogP contribution in [0.2, 0.25) is 0 Å². The minimum atomic E-state index is -0.407. The molecule has 0 aliphatic rings. The van der Waals surface area contributed by atoms with Crippen LogP contribution >= 0.6 is 11.3 Å². The Balaban J connectivity index is 1.85. The van der Waals surface area contributed by atoms with E-state index in [-0.39, 0.29) is 12.5 Å². The fourth-order valence-electron chi connectivity index (χ4n) is 2.44. The molecule has 1 aromatic heterocycles. The average molecular weight is 360 g/mol. The Labute approximate surface area is 152 Å². The van der Waals surface area contributed by atoms with E-state index in [1.807, 2.05) is 37.3 Å². The molecule has 0 unspecified atom stereocenters. The molecule has 1 heterocycles. The van der Waals surface area contributed by atoms with Gasteiger partial charge < -0.3 is 4.74 Å². The van der Waals surface area contributed by atoms with Gasteiger partial charge in [0.2, 0.25) is 0 Å². The minimum absolute atomic E-state index is 0.159. The highest BCUT2D eigenvalue weighted by Gasteiger charge is 2.13. The number of hydrogen-bond acceptors (Lipinski definition) is 4. The molecule has 5 nitrogen and oxygen atoms in total. The monoisotopic (exact) mass is 360 g/mol. The van der Waals surface area contributed by atoms with Gasteiger partial charge in [0, 0.05) is 4.88 Å². The zero-order valence-electron chi connectivity index (χ0n) is 15.0. The second kappa shape index (κ2) is 8.67. The van der Waals surface area contributed by atoms with Gasteiger partial charge in [-0.2, -0.15) is 0 Å². The van der Waals surface area contributed by atoms with E-state index in [0.717, 1.165) is 17.5 Å². The number of para-hydroxylation sites is 1. The molecule has 25 heavy (non-hydrogen) atoms. The van der Waals surface area contributed by atoms with Gasteiger partial charge in [0.1, 0.15) is 5.75 Å². The molecule has 0 saturated heterocycles. The molecule has 6 heteroatoms. The van der Waals surface area contributed by atoms with Gasteiger partial charge in [0.15, 0.2) is 6.61 Å². The zero-order chi connectivity index (χ0) is 18.4. The summed E-state index contributed by atoms with van der Waals surface area (Å²) in [5.41, 5.74) is 6.96. The Morgan fingerprint density at radius 2 is 1.92 bits per heavy atom. The molecule has 2 rings (SSSR count). The van der Waals surface area contributed by atoms with Gasteiger partial charge in [-0.1, -0.05) is 39.0 Å². The number of thiophene rings is 1. The first-order chi connectivity index (χ1) is 11.9. The summed E-state index contributed by atoms with van der Waals surface area (Å²) in [5, 5.41) is 0. The fourth-order valence-corrected chi connectivity index (χ4v) is 3.45. The standard InChI is InChI=1S/C19H24N2O3S/c1-5-16-13(4)10-17(25-16)19(23)21-20-18(22)11-24-15-9-7-6-8-14(15)12(2)3/h6-10,12H,5,11H2,1-4H3,(H,20,22)(H,21,23). The summed E-state index contributed by atoms with van der Waals surface area (Å²) < 4.78 is 5.58. The van der Waals surface area contributed by atoms with Crippen molar-refractivity contribution in [1.82, 2.24) is 10.9 Å². The van der Waals surface area contributed by atoms with E-state index in [1.54, 1.807) is 0 Å². The topological polar surface area (TPSA) is 67.4 Å². The molecular formula is C19H24N2O3S. The van der Waals surface area contributed by atoms with E-state index in [4.69, 9.17) is 4.74 Å². The van der Waals surface area contributed by atoms with Gasteiger partial charge in [-0.25, -0.2) is 0 Å². The highest BCUT2D eigenvalue weighted by molar-refractivity contribution is 7.14. The molecule has 0 radical (unpaired) electrons. The quantitative estimate of drug-likeness (QED) is 0.774. The number of carbonyl (C=O) groups excluding carboxylic acids is 2. The highest BCUT2D eigenvalue weighted by atomic mass is 32.1. The predicted molar refractivity (Wildman–Crippen MR) is 100 cm³/mol. The molecule has 2 N–H and O–H groups in total. The van der Waals surface area contributed by atoms with Crippen molar-refractivity contribution in [3.05, 3.63) is 51.2 Å². The minimum Gasteiger partial charge on any atom is -0.483 e. The number of rotatable bonds is 6. The van der Waals surface area contributed by atoms with Gasteiger partial charge in [0.25, 0.3) is 11.8 Å². The van der Waals surface area contributed by atoms with Crippen LogP contribution in [0.1, 0.15) is 52.4 Å². The summed E-state index contributed by atoms with van der Waals surface area (Å²) in [6.45, 7) is 8.00. The van der Waals surface area contributed by atoms with Crippen LogP contribution < -0.4 is 15.6 Å². The molecule has 0 fully saturated rings. The molecule has 0 bridgehead atoms. The number of ether oxygens (including phenoxy) is 1. The van der Waals surface area contributed by atoms with Crippen LogP contribution in [0.4, 0.5) is 0 Å². The van der Waals surface area contributed by atoms with Gasteiger partial charge in [-0.3, -0.25) is 20.4 Å². The van der Waals surface area contributed by atoms with Crippen LogP contribution in [0.3, 0.4) is 0 Å². The molecule has 134 valence electrons. The first-order valence-corrected chi connectivity index (χ1v) is 9.14. The lowest BCUT2D eigenvalue weighted by Crippen LogP contribution is -2.43. The summed E-state index contributed by atoms with van der Waals surface area (Å²) in [6.07, 6.45) is 0.888. The van der Waals surface area contributed by atoms with E-state index >= 15 is 0 Å². The summed E-state index contributed by atoms with van der Waals surface area (Å²) in [6, 6.07) is 9.45. The lowest BCUT2D eigenvalue weighted by Gasteiger charge is -2.13. The van der Waals surface area contributed by atoms with Crippen molar-refractivity contribution in [3.8, 4) is 5.75 Å². The lowest BCUT2D eigenvalue weighted by molar-refractivity contribution is -0.123. The van der Waals surface area contributed by atoms with Gasteiger partial charge in [-0.15, -0.1) is 11.3 Å². The van der Waals surface area contributed by atoms with Gasteiger partial charge in [0.05, 0.1) is 4.88 Å². The van der Waals surface area contributed by atoms with Crippen molar-refractivity contribution in [2.75, 3.05) is 6.61 Å². The molecule has 1 aromatic carbocycles. The number of amides is 2. The van der Waals surface area contributed by atoms with Crippen molar-refractivity contribution in [2.45, 2.75) is 40.0 Å². The summed E-state index contributed by atoms with van der Waals surface area (Å²) in [4.78, 5) is 25.8. The third kappa shape index (κ3) is 5.06. The third-order valence-electron chi connectivity index (χ3n) is 3.78. The van der Waals surface area contributed by atoms with Gasteiger partial charge in [-0.05, 0) is 42.5 Å². The number of aryl methyl sites for hydroxylation is 2. The SMILES string of the molecule is CCc1sc(C(=O)NNC(=O)COc2ccccc2C(C)C)cc1C. The molecule has 2 amide bonds. The maximum absolute atomic E-state index is 12.1. The number of benzene rings is 1. The number of nitrogens with one attached hydrogen (secondary N) is 2. The van der Waals surface area contributed by atoms with Gasteiger partial charge >= 0.3 is 0 Å². The number of hydrogen-bond donors (Lipinski definition) is 2. The third-order valence-corrected chi connectivity index (χ3v) is 5.16. The van der Waals surface area contributed by atoms with E-state index in [0.29, 0.717) is 16.5 Å². The number of carbonyl (C=O) groups is 2. The van der Waals surface area contributed by atoms with Crippen molar-refractivity contribution in [3.63, 3.8) is 0 Å². The number of hydrazine groups is 1. The van der Waals surface area contributed by atoms with Crippen molar-refractivity contribution >= 4 is 23.2 Å². The average Bonchev–Trinajstić information content (AvgIpc) is 2.99. The maximum atomic E-state index is 12.1. The molecule has 0 atom stereocenters. The Kier molecular flexibility index (Phi) is 6.58. The van der Waals surface area contributed by atoms with Crippen molar-refractivity contribution in [2.24, 2.45) is 0 Å². The first kappa shape index (κ1) is 19.0. The molecule has 0 spiro atoms. The predicted octanol–water partition coefficient (Wildman–Crippen LogP) is 3.58. The van der Waals surface area contributed by atoms with E-state index in [9.17, 15) is 9.59 Å². The second-order valence-corrected chi connectivity index (χ2v) is 7.19. The molecule has 2 aromatic rings. The highest BCUT2D eigenvalue weighted by Crippen LogP contribution is 2.25. The molecular weight excluding hydrogens is 336 g/mol. The Hall–Kier alpha value is -2.34. The normalized spacial score (nSPS) is 10.6. The van der Waals surface area contributed by atoms with E-state index in [1.165, 1.54) is 16.2 Å². The Morgan fingerprint density at radius 1 is 1.20 bits per heavy atom. The smallest absolute Gasteiger partial charge is 0.279 e. The van der Waals surface area contributed by atoms with Crippen LogP contribution in [-0.4, -0.2) is 18.4 Å². The second-order valence-electron chi connectivity index (χ2n) is 6.05. The largest absolute Gasteiger partial charge is 0.483 e. The van der Waals surface area contributed by atoms with E-state index < -0.39 is 5.91 Å². The molecule has 0 saturated carbocycles.